The quantitative estimate of drug-likeness (QED) is 0.473. The standard InChI is InChI=1S/C28H36N2O2.ClH/c1-6-30(7-2)28(31)24-12-8-10-21(17-24)16-22-14-15-25(20-29(3)4)27(18-22)23-11-9-13-26(19-23)32-5;/h8-13,16-19,25H,6-7,14-15,20H2,1-5H3;1H/b22-16-;. The summed E-state index contributed by atoms with van der Waals surface area (Å²) >= 11 is 0. The van der Waals surface area contributed by atoms with E-state index in [-0.39, 0.29) is 18.3 Å². The second-order valence-electron chi connectivity index (χ2n) is 8.65. The fourth-order valence-electron chi connectivity index (χ4n) is 4.42. The molecule has 33 heavy (non-hydrogen) atoms. The summed E-state index contributed by atoms with van der Waals surface area (Å²) in [4.78, 5) is 16.9. The van der Waals surface area contributed by atoms with Crippen molar-refractivity contribution < 1.29 is 9.53 Å². The highest BCUT2D eigenvalue weighted by molar-refractivity contribution is 5.94. The maximum absolute atomic E-state index is 12.8. The molecule has 1 amide bonds. The number of ether oxygens (including phenoxy) is 1. The average molecular weight is 469 g/mol. The average Bonchev–Trinajstić information content (AvgIpc) is 2.80. The summed E-state index contributed by atoms with van der Waals surface area (Å²) in [6.07, 6.45) is 6.70. The fourth-order valence-corrected chi connectivity index (χ4v) is 4.42. The van der Waals surface area contributed by atoms with Crippen LogP contribution in [0, 0.1) is 5.92 Å². The lowest BCUT2D eigenvalue weighted by molar-refractivity contribution is 0.0773. The molecule has 0 aromatic heterocycles. The van der Waals surface area contributed by atoms with E-state index in [1.54, 1.807) is 7.11 Å². The molecule has 1 unspecified atom stereocenters. The van der Waals surface area contributed by atoms with E-state index in [2.05, 4.69) is 55.4 Å². The van der Waals surface area contributed by atoms with E-state index >= 15 is 0 Å². The highest BCUT2D eigenvalue weighted by atomic mass is 35.5. The summed E-state index contributed by atoms with van der Waals surface area (Å²) in [6.45, 7) is 6.50. The Morgan fingerprint density at radius 2 is 1.82 bits per heavy atom. The Labute approximate surface area is 205 Å². The summed E-state index contributed by atoms with van der Waals surface area (Å²) in [7, 11) is 5.98. The predicted molar refractivity (Wildman–Crippen MR) is 141 cm³/mol. The van der Waals surface area contributed by atoms with Gasteiger partial charge in [-0.3, -0.25) is 4.79 Å². The van der Waals surface area contributed by atoms with Crippen molar-refractivity contribution in [2.24, 2.45) is 5.92 Å². The zero-order valence-electron chi connectivity index (χ0n) is 20.5. The minimum absolute atomic E-state index is 0. The summed E-state index contributed by atoms with van der Waals surface area (Å²) in [5, 5.41) is 0. The van der Waals surface area contributed by atoms with Crippen molar-refractivity contribution in [1.82, 2.24) is 9.80 Å². The van der Waals surface area contributed by atoms with Crippen LogP contribution in [0.3, 0.4) is 0 Å². The van der Waals surface area contributed by atoms with E-state index in [1.165, 1.54) is 16.7 Å². The SMILES string of the molecule is CCN(CC)C(=O)c1cccc(/C=C2\C=C(c3cccc(OC)c3)C(CN(C)C)CC2)c1.Cl. The smallest absolute Gasteiger partial charge is 0.253 e. The van der Waals surface area contributed by atoms with Gasteiger partial charge in [-0.1, -0.05) is 36.4 Å². The third kappa shape index (κ3) is 6.96. The number of nitrogens with zero attached hydrogens (tertiary/aromatic N) is 2. The first kappa shape index (κ1) is 26.7. The van der Waals surface area contributed by atoms with Crippen molar-refractivity contribution in [3.05, 3.63) is 76.9 Å². The van der Waals surface area contributed by atoms with Crippen molar-refractivity contribution in [3.63, 3.8) is 0 Å². The van der Waals surface area contributed by atoms with Crippen LogP contribution < -0.4 is 4.74 Å². The number of allylic oxidation sites excluding steroid dienone is 2. The zero-order chi connectivity index (χ0) is 23.1. The molecule has 3 rings (SSSR count). The Bertz CT molecular complexity index is 993. The Hall–Kier alpha value is -2.56. The summed E-state index contributed by atoms with van der Waals surface area (Å²) in [5.74, 6) is 1.45. The Morgan fingerprint density at radius 1 is 1.09 bits per heavy atom. The van der Waals surface area contributed by atoms with E-state index in [9.17, 15) is 4.79 Å². The summed E-state index contributed by atoms with van der Waals surface area (Å²) in [6, 6.07) is 16.3. The minimum atomic E-state index is 0. The number of benzene rings is 2. The van der Waals surface area contributed by atoms with E-state index < -0.39 is 0 Å². The highest BCUT2D eigenvalue weighted by Gasteiger charge is 2.22. The van der Waals surface area contributed by atoms with Crippen molar-refractivity contribution >= 4 is 30.0 Å². The first-order valence-corrected chi connectivity index (χ1v) is 11.6. The molecule has 0 radical (unpaired) electrons. The van der Waals surface area contributed by atoms with Gasteiger partial charge >= 0.3 is 0 Å². The van der Waals surface area contributed by atoms with Crippen molar-refractivity contribution in [2.75, 3.05) is 40.8 Å². The van der Waals surface area contributed by atoms with Gasteiger partial charge in [0.1, 0.15) is 5.75 Å². The van der Waals surface area contributed by atoms with Crippen LogP contribution in [0.4, 0.5) is 0 Å². The molecule has 5 heteroatoms. The lowest BCUT2D eigenvalue weighted by Gasteiger charge is -2.29. The largest absolute Gasteiger partial charge is 0.497 e. The van der Waals surface area contributed by atoms with Crippen molar-refractivity contribution in [2.45, 2.75) is 26.7 Å². The van der Waals surface area contributed by atoms with Crippen LogP contribution in [0.1, 0.15) is 48.2 Å². The number of rotatable bonds is 8. The molecule has 0 saturated carbocycles. The lowest BCUT2D eigenvalue weighted by Crippen LogP contribution is -2.30. The lowest BCUT2D eigenvalue weighted by atomic mass is 9.81. The third-order valence-electron chi connectivity index (χ3n) is 6.09. The van der Waals surface area contributed by atoms with E-state index in [0.29, 0.717) is 5.92 Å². The molecule has 4 nitrogen and oxygen atoms in total. The third-order valence-corrected chi connectivity index (χ3v) is 6.09. The van der Waals surface area contributed by atoms with Crippen molar-refractivity contribution in [1.29, 1.82) is 0 Å². The predicted octanol–water partition coefficient (Wildman–Crippen LogP) is 6.04. The van der Waals surface area contributed by atoms with E-state index in [1.807, 2.05) is 43.0 Å². The van der Waals surface area contributed by atoms with Gasteiger partial charge in [0.25, 0.3) is 5.91 Å². The molecular weight excluding hydrogens is 432 g/mol. The zero-order valence-corrected chi connectivity index (χ0v) is 21.3. The molecule has 0 saturated heterocycles. The summed E-state index contributed by atoms with van der Waals surface area (Å²) < 4.78 is 5.47. The molecule has 2 aromatic rings. The Kier molecular flexibility index (Phi) is 10.2. The molecule has 178 valence electrons. The molecule has 1 atom stereocenters. The van der Waals surface area contributed by atoms with Crippen LogP contribution >= 0.6 is 12.4 Å². The van der Waals surface area contributed by atoms with E-state index in [0.717, 1.165) is 49.4 Å². The van der Waals surface area contributed by atoms with Crippen LogP contribution in [0.5, 0.6) is 5.75 Å². The van der Waals surface area contributed by atoms with Gasteiger partial charge in [-0.15, -0.1) is 12.4 Å². The molecule has 0 aliphatic heterocycles. The Balaban J connectivity index is 0.00000385. The van der Waals surface area contributed by atoms with Gasteiger partial charge in [0.05, 0.1) is 7.11 Å². The van der Waals surface area contributed by atoms with Crippen LogP contribution in [0.15, 0.2) is 60.2 Å². The number of halogens is 1. The molecule has 0 bridgehead atoms. The number of amides is 1. The van der Waals surface area contributed by atoms with Crippen molar-refractivity contribution in [3.8, 4) is 5.75 Å². The van der Waals surface area contributed by atoms with Crippen LogP contribution in [-0.4, -0.2) is 56.5 Å². The molecule has 2 aromatic carbocycles. The number of carbonyl (C=O) groups excluding carboxylic acids is 1. The second-order valence-corrected chi connectivity index (χ2v) is 8.65. The fraction of sp³-hybridized carbons (Fsp3) is 0.393. The topological polar surface area (TPSA) is 32.8 Å². The van der Waals surface area contributed by atoms with Gasteiger partial charge in [-0.2, -0.15) is 0 Å². The van der Waals surface area contributed by atoms with Gasteiger partial charge in [-0.05, 0) is 93.2 Å². The molecule has 1 aliphatic carbocycles. The maximum Gasteiger partial charge on any atom is 0.253 e. The summed E-state index contributed by atoms with van der Waals surface area (Å²) in [5.41, 5.74) is 5.69. The molecule has 0 fully saturated rings. The number of carbonyl (C=O) groups is 1. The first-order chi connectivity index (χ1) is 15.4. The first-order valence-electron chi connectivity index (χ1n) is 11.6. The van der Waals surface area contributed by atoms with Gasteiger partial charge < -0.3 is 14.5 Å². The number of hydrogen-bond acceptors (Lipinski definition) is 3. The van der Waals surface area contributed by atoms with E-state index in [4.69, 9.17) is 4.74 Å². The van der Waals surface area contributed by atoms with Crippen LogP contribution in [-0.2, 0) is 0 Å². The molecule has 0 spiro atoms. The number of methoxy groups -OCH3 is 1. The molecule has 0 N–H and O–H groups in total. The maximum atomic E-state index is 12.8. The minimum Gasteiger partial charge on any atom is -0.497 e. The molecule has 0 heterocycles. The molecule has 1 aliphatic rings. The van der Waals surface area contributed by atoms with Gasteiger partial charge in [-0.25, -0.2) is 0 Å². The second kappa shape index (κ2) is 12.6. The highest BCUT2D eigenvalue weighted by Crippen LogP contribution is 2.37. The van der Waals surface area contributed by atoms with Gasteiger partial charge in [0, 0.05) is 25.2 Å². The van der Waals surface area contributed by atoms with Crippen LogP contribution in [0.25, 0.3) is 11.6 Å². The number of hydrogen-bond donors (Lipinski definition) is 0. The normalized spacial score (nSPS) is 16.8. The monoisotopic (exact) mass is 468 g/mol. The molecular formula is C28H37ClN2O2. The van der Waals surface area contributed by atoms with Gasteiger partial charge in [0.15, 0.2) is 0 Å². The Morgan fingerprint density at radius 3 is 2.48 bits per heavy atom. The van der Waals surface area contributed by atoms with Gasteiger partial charge in [0.2, 0.25) is 0 Å². The van der Waals surface area contributed by atoms with Crippen LogP contribution in [0.2, 0.25) is 0 Å².